The molecule has 1 aliphatic carbocycles. The lowest BCUT2D eigenvalue weighted by atomic mass is 9.64. The highest BCUT2D eigenvalue weighted by molar-refractivity contribution is 5.34. The fourth-order valence-corrected chi connectivity index (χ4v) is 2.83. The summed E-state index contributed by atoms with van der Waals surface area (Å²) < 4.78 is 11.1. The third-order valence-electron chi connectivity index (χ3n) is 4.16. The first-order valence-electron chi connectivity index (χ1n) is 7.27. The van der Waals surface area contributed by atoms with Crippen LogP contribution in [0, 0.1) is 0 Å². The van der Waals surface area contributed by atoms with Crippen molar-refractivity contribution < 1.29 is 9.26 Å². The molecule has 4 heteroatoms. The molecule has 2 aromatic rings. The highest BCUT2D eigenvalue weighted by Crippen LogP contribution is 2.48. The van der Waals surface area contributed by atoms with Crippen LogP contribution in [0.1, 0.15) is 56.5 Å². The Labute approximate surface area is 119 Å². The van der Waals surface area contributed by atoms with Gasteiger partial charge in [0.05, 0.1) is 5.41 Å². The summed E-state index contributed by atoms with van der Waals surface area (Å²) in [6.07, 6.45) is 3.22. The maximum atomic E-state index is 5.55. The molecule has 1 saturated carbocycles. The van der Waals surface area contributed by atoms with Crippen LogP contribution in [-0.4, -0.2) is 16.7 Å². The Hall–Kier alpha value is -1.68. The second kappa shape index (κ2) is 5.37. The second-order valence-electron chi connectivity index (χ2n) is 5.36. The van der Waals surface area contributed by atoms with Gasteiger partial charge in [0, 0.05) is 6.61 Å². The summed E-state index contributed by atoms with van der Waals surface area (Å²) in [5, 5.41) is 4.10. The first kappa shape index (κ1) is 13.3. The quantitative estimate of drug-likeness (QED) is 0.833. The van der Waals surface area contributed by atoms with Crippen molar-refractivity contribution >= 4 is 0 Å². The van der Waals surface area contributed by atoms with Gasteiger partial charge in [-0.15, -0.1) is 0 Å². The first-order chi connectivity index (χ1) is 9.76. The van der Waals surface area contributed by atoms with Gasteiger partial charge in [0.15, 0.2) is 5.82 Å². The number of hydrogen-bond acceptors (Lipinski definition) is 4. The molecule has 1 heterocycles. The summed E-state index contributed by atoms with van der Waals surface area (Å²) in [6.45, 7) is 4.57. The monoisotopic (exact) mass is 272 g/mol. The van der Waals surface area contributed by atoms with E-state index < -0.39 is 0 Å². The van der Waals surface area contributed by atoms with Crippen LogP contribution in [-0.2, 0) is 10.2 Å². The summed E-state index contributed by atoms with van der Waals surface area (Å²) >= 11 is 0. The molecular formula is C16H20N2O2. The van der Waals surface area contributed by atoms with E-state index in [1.807, 2.05) is 19.9 Å². The van der Waals surface area contributed by atoms with Gasteiger partial charge in [-0.1, -0.05) is 41.9 Å². The van der Waals surface area contributed by atoms with E-state index in [1.165, 1.54) is 12.0 Å². The zero-order valence-electron chi connectivity index (χ0n) is 12.0. The minimum Gasteiger partial charge on any atom is -0.371 e. The fraction of sp³-hybridized carbons (Fsp3) is 0.500. The maximum absolute atomic E-state index is 5.55. The number of rotatable bonds is 5. The van der Waals surface area contributed by atoms with Crippen molar-refractivity contribution in [2.45, 2.75) is 44.6 Å². The smallest absolute Gasteiger partial charge is 0.237 e. The summed E-state index contributed by atoms with van der Waals surface area (Å²) in [5.74, 6) is 1.38. The van der Waals surface area contributed by atoms with Crippen molar-refractivity contribution in [3.05, 3.63) is 47.6 Å². The zero-order valence-corrected chi connectivity index (χ0v) is 12.0. The summed E-state index contributed by atoms with van der Waals surface area (Å²) in [4.78, 5) is 4.60. The van der Waals surface area contributed by atoms with E-state index in [-0.39, 0.29) is 11.5 Å². The highest BCUT2D eigenvalue weighted by atomic mass is 16.5. The van der Waals surface area contributed by atoms with Gasteiger partial charge < -0.3 is 9.26 Å². The van der Waals surface area contributed by atoms with Crippen LogP contribution in [0.2, 0.25) is 0 Å². The standard InChI is InChI=1S/C16H20N2O2/c1-3-19-12(2)14-17-15(20-18-14)16(10-7-11-16)13-8-5-4-6-9-13/h4-6,8-9,12H,3,7,10-11H2,1-2H3/t12-/m1/s1. The van der Waals surface area contributed by atoms with Crippen LogP contribution in [0.5, 0.6) is 0 Å². The molecule has 1 aromatic heterocycles. The van der Waals surface area contributed by atoms with E-state index >= 15 is 0 Å². The molecule has 0 unspecified atom stereocenters. The Bertz CT molecular complexity index is 561. The van der Waals surface area contributed by atoms with Crippen LogP contribution >= 0.6 is 0 Å². The molecule has 0 aliphatic heterocycles. The van der Waals surface area contributed by atoms with Crippen LogP contribution in [0.25, 0.3) is 0 Å². The number of nitrogens with zero attached hydrogens (tertiary/aromatic N) is 2. The van der Waals surface area contributed by atoms with E-state index in [4.69, 9.17) is 9.26 Å². The minimum atomic E-state index is -0.120. The molecule has 0 N–H and O–H groups in total. The van der Waals surface area contributed by atoms with Gasteiger partial charge in [-0.05, 0) is 32.3 Å². The molecule has 3 rings (SSSR count). The predicted octanol–water partition coefficient (Wildman–Crippen LogP) is 3.64. The van der Waals surface area contributed by atoms with Gasteiger partial charge in [-0.25, -0.2) is 0 Å². The van der Waals surface area contributed by atoms with Gasteiger partial charge in [0.1, 0.15) is 6.10 Å². The predicted molar refractivity (Wildman–Crippen MR) is 75.4 cm³/mol. The molecule has 1 fully saturated rings. The number of ether oxygens (including phenoxy) is 1. The molecule has 4 nitrogen and oxygen atoms in total. The van der Waals surface area contributed by atoms with Crippen molar-refractivity contribution in [3.8, 4) is 0 Å². The third-order valence-corrected chi connectivity index (χ3v) is 4.16. The number of aromatic nitrogens is 2. The van der Waals surface area contributed by atoms with Gasteiger partial charge >= 0.3 is 0 Å². The average molecular weight is 272 g/mol. The van der Waals surface area contributed by atoms with Crippen LogP contribution < -0.4 is 0 Å². The Morgan fingerprint density at radius 3 is 2.65 bits per heavy atom. The van der Waals surface area contributed by atoms with Crippen molar-refractivity contribution in [1.29, 1.82) is 0 Å². The number of hydrogen-bond donors (Lipinski definition) is 0. The van der Waals surface area contributed by atoms with Gasteiger partial charge in [0.25, 0.3) is 0 Å². The van der Waals surface area contributed by atoms with Gasteiger partial charge in [-0.2, -0.15) is 4.98 Å². The Kier molecular flexibility index (Phi) is 3.57. The SMILES string of the molecule is CCO[C@H](C)c1noc(C2(c3ccccc3)CCC2)n1. The summed E-state index contributed by atoms with van der Waals surface area (Å²) in [5.41, 5.74) is 1.18. The van der Waals surface area contributed by atoms with Gasteiger partial charge in [0.2, 0.25) is 5.89 Å². The van der Waals surface area contributed by atoms with E-state index in [9.17, 15) is 0 Å². The Morgan fingerprint density at radius 2 is 2.05 bits per heavy atom. The molecule has 1 aromatic carbocycles. The van der Waals surface area contributed by atoms with E-state index in [0.29, 0.717) is 12.4 Å². The molecule has 0 amide bonds. The molecule has 106 valence electrons. The van der Waals surface area contributed by atoms with E-state index in [2.05, 4.69) is 34.4 Å². The normalized spacial score (nSPS) is 18.5. The maximum Gasteiger partial charge on any atom is 0.237 e. The molecule has 0 spiro atoms. The van der Waals surface area contributed by atoms with Crippen molar-refractivity contribution in [2.24, 2.45) is 0 Å². The highest BCUT2D eigenvalue weighted by Gasteiger charge is 2.45. The lowest BCUT2D eigenvalue weighted by Gasteiger charge is -2.38. The Balaban J connectivity index is 1.91. The average Bonchev–Trinajstić information content (AvgIpc) is 2.89. The number of benzene rings is 1. The van der Waals surface area contributed by atoms with Crippen LogP contribution in [0.15, 0.2) is 34.9 Å². The van der Waals surface area contributed by atoms with Crippen molar-refractivity contribution in [3.63, 3.8) is 0 Å². The summed E-state index contributed by atoms with van der Waals surface area (Å²) in [6, 6.07) is 10.5. The topological polar surface area (TPSA) is 48.2 Å². The molecule has 1 aliphatic rings. The first-order valence-corrected chi connectivity index (χ1v) is 7.27. The molecule has 1 atom stereocenters. The van der Waals surface area contributed by atoms with E-state index in [0.717, 1.165) is 18.7 Å². The van der Waals surface area contributed by atoms with Crippen LogP contribution in [0.3, 0.4) is 0 Å². The lowest BCUT2D eigenvalue weighted by molar-refractivity contribution is 0.0683. The zero-order chi connectivity index (χ0) is 14.0. The third kappa shape index (κ3) is 2.14. The second-order valence-corrected chi connectivity index (χ2v) is 5.36. The molecule has 0 radical (unpaired) electrons. The van der Waals surface area contributed by atoms with Gasteiger partial charge in [-0.3, -0.25) is 0 Å². The molecule has 20 heavy (non-hydrogen) atoms. The van der Waals surface area contributed by atoms with Crippen molar-refractivity contribution in [1.82, 2.24) is 10.1 Å². The van der Waals surface area contributed by atoms with Crippen LogP contribution in [0.4, 0.5) is 0 Å². The van der Waals surface area contributed by atoms with E-state index in [1.54, 1.807) is 0 Å². The molecule has 0 bridgehead atoms. The molecular weight excluding hydrogens is 252 g/mol. The lowest BCUT2D eigenvalue weighted by Crippen LogP contribution is -2.35. The van der Waals surface area contributed by atoms with Crippen molar-refractivity contribution in [2.75, 3.05) is 6.61 Å². The fourth-order valence-electron chi connectivity index (χ4n) is 2.83. The largest absolute Gasteiger partial charge is 0.371 e. The summed E-state index contributed by atoms with van der Waals surface area (Å²) in [7, 11) is 0. The minimum absolute atomic E-state index is 0.0849. The Morgan fingerprint density at radius 1 is 1.30 bits per heavy atom. The molecule has 0 saturated heterocycles.